The molecule has 110 heavy (non-hydrogen) atoms. The number of imidazole rings is 2. The molecule has 1 saturated carbocycles. The number of aromatic nitrogens is 8. The topological polar surface area (TPSA) is 269 Å². The quantitative estimate of drug-likeness (QED) is 0.0713. The Morgan fingerprint density at radius 2 is 0.973 bits per heavy atom. The number of aryl methyl sites for hydroxylation is 1. The molecule has 564 valence electrons. The van der Waals surface area contributed by atoms with E-state index in [4.69, 9.17) is 20.2 Å². The van der Waals surface area contributed by atoms with E-state index < -0.39 is 47.5 Å². The maximum Gasteiger partial charge on any atom is 0.262 e. The molecule has 6 fully saturated rings. The first kappa shape index (κ1) is 73.7. The highest BCUT2D eigenvalue weighted by atomic mass is 19.1. The Morgan fingerprint density at radius 1 is 0.473 bits per heavy atom. The number of carbonyl (C=O) groups excluding carboxylic acids is 8. The van der Waals surface area contributed by atoms with Crippen LogP contribution in [0.3, 0.4) is 0 Å². The molecule has 0 radical (unpaired) electrons. The number of benzene rings is 4. The summed E-state index contributed by atoms with van der Waals surface area (Å²) in [5.41, 5.74) is 10.0. The first-order chi connectivity index (χ1) is 53.1. The van der Waals surface area contributed by atoms with Crippen molar-refractivity contribution in [2.45, 2.75) is 116 Å². The minimum Gasteiger partial charge on any atom is -0.354 e. The van der Waals surface area contributed by atoms with Gasteiger partial charge in [0.2, 0.25) is 11.8 Å². The van der Waals surface area contributed by atoms with Gasteiger partial charge in [-0.1, -0.05) is 69.3 Å². The minimum atomic E-state index is -0.976. The summed E-state index contributed by atoms with van der Waals surface area (Å²) in [5, 5.41) is 15.6. The summed E-state index contributed by atoms with van der Waals surface area (Å²) in [7, 11) is 0. The summed E-state index contributed by atoms with van der Waals surface area (Å²) in [4.78, 5) is 131. The number of halogens is 2. The lowest BCUT2D eigenvalue weighted by Crippen LogP contribution is -2.54. The van der Waals surface area contributed by atoms with Gasteiger partial charge in [0.05, 0.1) is 70.6 Å². The van der Waals surface area contributed by atoms with E-state index in [9.17, 15) is 47.1 Å². The zero-order chi connectivity index (χ0) is 75.0. The first-order valence-corrected chi connectivity index (χ1v) is 37.6. The van der Waals surface area contributed by atoms with Gasteiger partial charge in [0.15, 0.2) is 17.1 Å². The number of nitrogens with zero attached hydrogens (tertiary/aromatic N) is 15. The van der Waals surface area contributed by atoms with Crippen LogP contribution in [-0.4, -0.2) is 185 Å². The van der Waals surface area contributed by atoms with Crippen LogP contribution in [0, 0.1) is 11.6 Å². The van der Waals surface area contributed by atoms with Gasteiger partial charge in [-0.05, 0) is 171 Å². The van der Waals surface area contributed by atoms with Crippen molar-refractivity contribution in [1.82, 2.24) is 64.5 Å². The number of piperazine rings is 2. The largest absolute Gasteiger partial charge is 0.354 e. The zero-order valence-electron chi connectivity index (χ0n) is 60.3. The number of Topliss-reactive ketones (excluding diaryl/α,β-unsaturated/α-hetero) is 2. The number of pyridine rings is 2. The fourth-order valence-corrected chi connectivity index (χ4v) is 16.3. The van der Waals surface area contributed by atoms with Crippen LogP contribution in [-0.2, 0) is 32.0 Å². The maximum absolute atomic E-state index is 14.1. The van der Waals surface area contributed by atoms with Gasteiger partial charge in [-0.3, -0.25) is 58.4 Å². The van der Waals surface area contributed by atoms with Crippen molar-refractivity contribution in [3.05, 3.63) is 214 Å². The van der Waals surface area contributed by atoms with Crippen LogP contribution in [0.25, 0.3) is 34.1 Å². The van der Waals surface area contributed by atoms with Crippen molar-refractivity contribution in [3.63, 3.8) is 0 Å². The molecule has 18 rings (SSSR count). The number of ketones is 2. The normalized spacial score (nSPS) is 20.1. The standard InChI is InChI=1S/C40H38FN9O4.C25H26FN7.C17H17NO4.CH4/c41-27-5-1-4-26(23-27)31-7-3-16-48(31)36-13-12-34-42-24-33(50(34)45-36)30-6-2-8-35(43-30)47-20-18-46(19-21-47)17-15-25-9-10-28-29(22-25)40(54)49(39(28)53)32-11-14-37(51)44-38(32)52;26-19-5-1-4-18(16-19)21-7-3-13-32(21)25-10-9-23-28-17-22(33(23)30-25)20-6-2-8-24(29-20)31-14-11-27-12-15-31;1-2-3-10-4-6-12-13(8-10)17(22)18(16(12)21)14-7-5-11(19)9-15(14)20;/h1-2,4-6,8-10,12-13,22-24,31-32H,3,7,11,14-21H2,(H,44,51,52);1-2,4-6,8-10,16-17,21,27H,3,7,11-15H2;4,6,8,14H,2-3,5,7,9H2,1H3;1H4/t31-,32?;21-;;/m11../s1. The smallest absolute Gasteiger partial charge is 0.262 e. The molecule has 6 aromatic heterocycles. The Bertz CT molecular complexity index is 5250. The molecular weight excluding hydrogens is 1400 g/mol. The molecule has 5 saturated heterocycles. The third-order valence-corrected chi connectivity index (χ3v) is 21.9. The molecule has 7 aliphatic heterocycles. The van der Waals surface area contributed by atoms with Crippen LogP contribution in [0.15, 0.2) is 158 Å². The summed E-state index contributed by atoms with van der Waals surface area (Å²) in [6, 6.07) is 42.8. The fraction of sp³-hybridized carbons (Fsp3) is 0.349. The second-order valence-corrected chi connectivity index (χ2v) is 28.8. The SMILES string of the molecule is C.CCCc1ccc2c(c1)C(=O)N(C1CCC(=O)CC1=O)C2=O.Fc1cccc([C@H]2CCCN2c2ccc3ncc(-c4cccc(N5CCNCC5)n4)n3n2)c1.O=C1CCC(N2C(=O)c3ccc(CCN4CCN(c5cccc(-c6cnc7ccc(N8CCC[C@@H]8c8cccc(F)c8)nn67)n5)CC4)cc3C2=O)C(=O)N1. The molecule has 6 amide bonds. The number of rotatable bonds is 15. The molecule has 4 aromatic carbocycles. The third kappa shape index (κ3) is 14.8. The third-order valence-electron chi connectivity index (χ3n) is 21.9. The number of hydrogen-bond donors (Lipinski definition) is 2. The maximum atomic E-state index is 14.1. The summed E-state index contributed by atoms with van der Waals surface area (Å²) in [5.74, 6) is -0.173. The number of hydrogen-bond acceptors (Lipinski definition) is 20. The molecule has 0 bridgehead atoms. The molecule has 13 heterocycles. The van der Waals surface area contributed by atoms with E-state index in [1.165, 1.54) is 12.1 Å². The Balaban J connectivity index is 0.000000145. The molecule has 25 nitrogen and oxygen atoms in total. The first-order valence-electron chi connectivity index (χ1n) is 37.6. The predicted octanol–water partition coefficient (Wildman–Crippen LogP) is 10.3. The van der Waals surface area contributed by atoms with Crippen molar-refractivity contribution < 1.29 is 47.1 Å². The highest BCUT2D eigenvalue weighted by molar-refractivity contribution is 6.24. The van der Waals surface area contributed by atoms with Crippen molar-refractivity contribution >= 4 is 81.6 Å². The Labute approximate surface area is 634 Å². The Hall–Kier alpha value is -11.8. The average molecular weight is 1490 g/mol. The van der Waals surface area contributed by atoms with Gasteiger partial charge in [0, 0.05) is 84.8 Å². The number of amides is 6. The number of anilines is 4. The summed E-state index contributed by atoms with van der Waals surface area (Å²) in [6.45, 7) is 11.6. The lowest BCUT2D eigenvalue weighted by atomic mass is 9.92. The fourth-order valence-electron chi connectivity index (χ4n) is 16.3. The van der Waals surface area contributed by atoms with Crippen LogP contribution >= 0.6 is 0 Å². The molecule has 1 aliphatic carbocycles. The minimum absolute atomic E-state index is 0. The Morgan fingerprint density at radius 3 is 1.49 bits per heavy atom. The number of nitrogens with one attached hydrogen (secondary N) is 2. The van der Waals surface area contributed by atoms with Crippen LogP contribution in [0.5, 0.6) is 0 Å². The highest BCUT2D eigenvalue weighted by Crippen LogP contribution is 2.39. The van der Waals surface area contributed by atoms with Gasteiger partial charge in [0.25, 0.3) is 23.6 Å². The molecule has 27 heteroatoms. The average Bonchev–Trinajstić information content (AvgIpc) is 1.62. The van der Waals surface area contributed by atoms with E-state index in [1.807, 2.05) is 101 Å². The van der Waals surface area contributed by atoms with Crippen LogP contribution < -0.4 is 30.2 Å². The molecule has 0 spiro atoms. The second-order valence-electron chi connectivity index (χ2n) is 28.8. The van der Waals surface area contributed by atoms with E-state index in [-0.39, 0.29) is 80.4 Å². The lowest BCUT2D eigenvalue weighted by Gasteiger charge is -2.35. The van der Waals surface area contributed by atoms with Crippen molar-refractivity contribution in [3.8, 4) is 22.8 Å². The van der Waals surface area contributed by atoms with E-state index in [0.717, 1.165) is 200 Å². The number of piperidine rings is 1. The van der Waals surface area contributed by atoms with E-state index >= 15 is 0 Å². The zero-order valence-corrected chi connectivity index (χ0v) is 60.3. The monoisotopic (exact) mass is 1490 g/mol. The Kier molecular flexibility index (Phi) is 21.3. The molecule has 2 N–H and O–H groups in total. The molecular formula is C83H85F2N17O8. The van der Waals surface area contributed by atoms with E-state index in [2.05, 4.69) is 51.2 Å². The second kappa shape index (κ2) is 31.8. The van der Waals surface area contributed by atoms with E-state index in [1.54, 1.807) is 54.7 Å². The number of imide groups is 3. The van der Waals surface area contributed by atoms with Crippen molar-refractivity contribution in [1.29, 1.82) is 0 Å². The van der Waals surface area contributed by atoms with E-state index in [0.29, 0.717) is 23.1 Å². The van der Waals surface area contributed by atoms with Gasteiger partial charge < -0.3 is 24.9 Å². The molecule has 10 aromatic rings. The number of carbonyl (C=O) groups is 8. The van der Waals surface area contributed by atoms with Crippen molar-refractivity contribution in [2.24, 2.45) is 0 Å². The van der Waals surface area contributed by atoms with Crippen LogP contribution in [0.4, 0.5) is 32.1 Å². The van der Waals surface area contributed by atoms with Crippen LogP contribution in [0.1, 0.15) is 154 Å². The van der Waals surface area contributed by atoms with Gasteiger partial charge >= 0.3 is 0 Å². The lowest BCUT2D eigenvalue weighted by molar-refractivity contribution is -0.136. The molecule has 2 unspecified atom stereocenters. The van der Waals surface area contributed by atoms with Crippen molar-refractivity contribution in [2.75, 3.05) is 91.6 Å². The van der Waals surface area contributed by atoms with Crippen LogP contribution in [0.2, 0.25) is 0 Å². The number of fused-ring (bicyclic) bond motifs is 4. The van der Waals surface area contributed by atoms with Gasteiger partial charge in [-0.25, -0.2) is 37.7 Å². The highest BCUT2D eigenvalue weighted by Gasteiger charge is 2.46. The summed E-state index contributed by atoms with van der Waals surface area (Å²) in [6.07, 6.45) is 10.6. The molecule has 4 atom stereocenters. The summed E-state index contributed by atoms with van der Waals surface area (Å²) >= 11 is 0. The van der Waals surface area contributed by atoms with Gasteiger partial charge in [-0.15, -0.1) is 10.2 Å². The van der Waals surface area contributed by atoms with Gasteiger partial charge in [-0.2, -0.15) is 0 Å². The molecule has 8 aliphatic rings. The van der Waals surface area contributed by atoms with Gasteiger partial charge in [0.1, 0.15) is 58.1 Å². The summed E-state index contributed by atoms with van der Waals surface area (Å²) < 4.78 is 31.7. The predicted molar refractivity (Wildman–Crippen MR) is 410 cm³/mol.